The molecule has 3 N–H and O–H groups in total. The lowest BCUT2D eigenvalue weighted by atomic mass is 10.1. The Kier molecular flexibility index (Phi) is 8.33. The number of guanidine groups is 1. The third-order valence-electron chi connectivity index (χ3n) is 4.49. The van der Waals surface area contributed by atoms with Gasteiger partial charge in [-0.2, -0.15) is 0 Å². The molecule has 0 aliphatic carbocycles. The van der Waals surface area contributed by atoms with E-state index in [1.165, 1.54) is 4.88 Å². The van der Waals surface area contributed by atoms with Gasteiger partial charge in [0.25, 0.3) is 5.91 Å². The predicted octanol–water partition coefficient (Wildman–Crippen LogP) is 3.75. The van der Waals surface area contributed by atoms with Crippen molar-refractivity contribution >= 4 is 23.2 Å². The SMILES string of the molecule is CCC(C)NC(=O)c1ccc(CNC(=NC)NCC(C)c2cccs2)cc1. The van der Waals surface area contributed by atoms with E-state index in [4.69, 9.17) is 0 Å². The van der Waals surface area contributed by atoms with Gasteiger partial charge in [-0.1, -0.05) is 32.0 Å². The molecule has 0 saturated heterocycles. The van der Waals surface area contributed by atoms with E-state index in [0.717, 1.165) is 24.5 Å². The zero-order valence-corrected chi connectivity index (χ0v) is 17.4. The fraction of sp³-hybridized carbons (Fsp3) is 0.429. The number of carbonyl (C=O) groups is 1. The first-order valence-corrected chi connectivity index (χ1v) is 10.3. The van der Waals surface area contributed by atoms with Gasteiger partial charge in [-0.25, -0.2) is 0 Å². The molecule has 1 aromatic carbocycles. The van der Waals surface area contributed by atoms with Crippen LogP contribution in [0.3, 0.4) is 0 Å². The molecule has 0 aliphatic heterocycles. The molecule has 1 amide bonds. The highest BCUT2D eigenvalue weighted by molar-refractivity contribution is 7.10. The molecule has 0 bridgehead atoms. The number of carbonyl (C=O) groups excluding carboxylic acids is 1. The third kappa shape index (κ3) is 6.71. The highest BCUT2D eigenvalue weighted by Crippen LogP contribution is 2.19. The minimum Gasteiger partial charge on any atom is -0.356 e. The summed E-state index contributed by atoms with van der Waals surface area (Å²) in [6.45, 7) is 7.75. The topological polar surface area (TPSA) is 65.5 Å². The van der Waals surface area contributed by atoms with Crippen molar-refractivity contribution in [3.05, 3.63) is 57.8 Å². The Bertz CT molecular complexity index is 725. The first-order valence-electron chi connectivity index (χ1n) is 9.41. The van der Waals surface area contributed by atoms with Gasteiger partial charge in [0, 0.05) is 42.5 Å². The largest absolute Gasteiger partial charge is 0.356 e. The van der Waals surface area contributed by atoms with Crippen molar-refractivity contribution in [1.29, 1.82) is 0 Å². The quantitative estimate of drug-likeness (QED) is 0.478. The number of amides is 1. The zero-order valence-electron chi connectivity index (χ0n) is 16.6. The number of nitrogens with one attached hydrogen (secondary N) is 3. The van der Waals surface area contributed by atoms with E-state index in [1.807, 2.05) is 31.2 Å². The molecule has 2 unspecified atom stereocenters. The number of thiophene rings is 1. The minimum absolute atomic E-state index is 0.0242. The van der Waals surface area contributed by atoms with Gasteiger partial charge in [0.05, 0.1) is 0 Å². The van der Waals surface area contributed by atoms with Crippen LogP contribution < -0.4 is 16.0 Å². The molecular weight excluding hydrogens is 356 g/mol. The molecule has 0 fully saturated rings. The van der Waals surface area contributed by atoms with Crippen LogP contribution in [-0.2, 0) is 6.54 Å². The van der Waals surface area contributed by atoms with Crippen molar-refractivity contribution in [2.45, 2.75) is 45.7 Å². The second kappa shape index (κ2) is 10.7. The van der Waals surface area contributed by atoms with E-state index in [1.54, 1.807) is 18.4 Å². The van der Waals surface area contributed by atoms with Crippen molar-refractivity contribution in [3.63, 3.8) is 0 Å². The van der Waals surface area contributed by atoms with Crippen LogP contribution in [0.25, 0.3) is 0 Å². The minimum atomic E-state index is -0.0242. The summed E-state index contributed by atoms with van der Waals surface area (Å²) in [6, 6.07) is 12.1. The average Bonchev–Trinajstić information content (AvgIpc) is 3.23. The summed E-state index contributed by atoms with van der Waals surface area (Å²) in [5.74, 6) is 1.19. The summed E-state index contributed by atoms with van der Waals surface area (Å²) in [5.41, 5.74) is 1.79. The van der Waals surface area contributed by atoms with Gasteiger partial charge in [0.1, 0.15) is 0 Å². The van der Waals surface area contributed by atoms with Crippen LogP contribution in [0.15, 0.2) is 46.8 Å². The van der Waals surface area contributed by atoms with Crippen LogP contribution in [0.5, 0.6) is 0 Å². The van der Waals surface area contributed by atoms with Crippen LogP contribution in [0.1, 0.15) is 53.9 Å². The summed E-state index contributed by atoms with van der Waals surface area (Å²) in [5, 5.41) is 11.8. The summed E-state index contributed by atoms with van der Waals surface area (Å²) in [7, 11) is 1.77. The second-order valence-electron chi connectivity index (χ2n) is 6.70. The van der Waals surface area contributed by atoms with Crippen LogP contribution in [0, 0.1) is 0 Å². The summed E-state index contributed by atoms with van der Waals surface area (Å²) in [4.78, 5) is 17.8. The fourth-order valence-electron chi connectivity index (χ4n) is 2.51. The highest BCUT2D eigenvalue weighted by atomic mass is 32.1. The molecule has 146 valence electrons. The van der Waals surface area contributed by atoms with E-state index >= 15 is 0 Å². The van der Waals surface area contributed by atoms with Gasteiger partial charge >= 0.3 is 0 Å². The van der Waals surface area contributed by atoms with Crippen molar-refractivity contribution in [3.8, 4) is 0 Å². The lowest BCUT2D eigenvalue weighted by molar-refractivity contribution is 0.0939. The van der Waals surface area contributed by atoms with Crippen molar-refractivity contribution in [1.82, 2.24) is 16.0 Å². The maximum atomic E-state index is 12.1. The van der Waals surface area contributed by atoms with E-state index in [-0.39, 0.29) is 11.9 Å². The summed E-state index contributed by atoms with van der Waals surface area (Å²) < 4.78 is 0. The molecule has 0 spiro atoms. The zero-order chi connectivity index (χ0) is 19.6. The first-order chi connectivity index (χ1) is 13.0. The Labute approximate surface area is 166 Å². The third-order valence-corrected chi connectivity index (χ3v) is 5.60. The Morgan fingerprint density at radius 3 is 2.48 bits per heavy atom. The van der Waals surface area contributed by atoms with Gasteiger partial charge in [-0.05, 0) is 42.5 Å². The van der Waals surface area contributed by atoms with Crippen molar-refractivity contribution in [2.75, 3.05) is 13.6 Å². The molecular formula is C21H30N4OS. The fourth-order valence-corrected chi connectivity index (χ4v) is 3.30. The van der Waals surface area contributed by atoms with Crippen molar-refractivity contribution < 1.29 is 4.79 Å². The molecule has 27 heavy (non-hydrogen) atoms. The number of nitrogens with zero attached hydrogens (tertiary/aromatic N) is 1. The van der Waals surface area contributed by atoms with Crippen molar-refractivity contribution in [2.24, 2.45) is 4.99 Å². The standard InChI is InChI=1S/C21H30N4OS/c1-5-16(3)25-20(26)18-10-8-17(9-11-18)14-24-21(22-4)23-13-15(2)19-7-6-12-27-19/h6-12,15-16H,5,13-14H2,1-4H3,(H,25,26)(H2,22,23,24). The number of benzene rings is 1. The molecule has 2 aromatic rings. The summed E-state index contributed by atoms with van der Waals surface area (Å²) in [6.07, 6.45) is 0.922. The van der Waals surface area contributed by atoms with E-state index in [9.17, 15) is 4.79 Å². The lowest BCUT2D eigenvalue weighted by Crippen LogP contribution is -2.38. The van der Waals surface area contributed by atoms with Gasteiger partial charge in [-0.15, -0.1) is 11.3 Å². The monoisotopic (exact) mass is 386 g/mol. The molecule has 1 heterocycles. The number of hydrogen-bond donors (Lipinski definition) is 3. The van der Waals surface area contributed by atoms with E-state index in [0.29, 0.717) is 18.0 Å². The molecule has 0 aliphatic rings. The van der Waals surface area contributed by atoms with Crippen LogP contribution in [0.4, 0.5) is 0 Å². The first kappa shape index (κ1) is 21.0. The highest BCUT2D eigenvalue weighted by Gasteiger charge is 2.09. The molecule has 0 saturated carbocycles. The summed E-state index contributed by atoms with van der Waals surface area (Å²) >= 11 is 1.78. The Balaban J connectivity index is 1.81. The molecule has 0 radical (unpaired) electrons. The Hall–Kier alpha value is -2.34. The van der Waals surface area contributed by atoms with Gasteiger partial charge < -0.3 is 16.0 Å². The normalized spacial score (nSPS) is 13.7. The smallest absolute Gasteiger partial charge is 0.251 e. The second-order valence-corrected chi connectivity index (χ2v) is 7.68. The number of aliphatic imine (C=N–C) groups is 1. The number of hydrogen-bond acceptors (Lipinski definition) is 3. The molecule has 6 heteroatoms. The van der Waals surface area contributed by atoms with Gasteiger partial charge in [-0.3, -0.25) is 9.79 Å². The number of rotatable bonds is 8. The Morgan fingerprint density at radius 2 is 1.89 bits per heavy atom. The molecule has 5 nitrogen and oxygen atoms in total. The molecule has 2 rings (SSSR count). The van der Waals surface area contributed by atoms with Gasteiger partial charge in [0.15, 0.2) is 5.96 Å². The molecule has 2 atom stereocenters. The maximum Gasteiger partial charge on any atom is 0.251 e. The van der Waals surface area contributed by atoms with E-state index in [2.05, 4.69) is 52.3 Å². The van der Waals surface area contributed by atoms with Crippen LogP contribution in [0.2, 0.25) is 0 Å². The van der Waals surface area contributed by atoms with E-state index < -0.39 is 0 Å². The predicted molar refractivity (Wildman–Crippen MR) is 115 cm³/mol. The Morgan fingerprint density at radius 1 is 1.15 bits per heavy atom. The lowest BCUT2D eigenvalue weighted by Gasteiger charge is -2.15. The van der Waals surface area contributed by atoms with Crippen LogP contribution in [-0.4, -0.2) is 31.5 Å². The molecule has 1 aromatic heterocycles. The van der Waals surface area contributed by atoms with Gasteiger partial charge in [0.2, 0.25) is 0 Å². The maximum absolute atomic E-state index is 12.1. The average molecular weight is 387 g/mol. The van der Waals surface area contributed by atoms with Crippen LogP contribution >= 0.6 is 11.3 Å².